The molecular weight excluding hydrogens is 372 g/mol. The summed E-state index contributed by atoms with van der Waals surface area (Å²) in [6.07, 6.45) is 1.38. The summed E-state index contributed by atoms with van der Waals surface area (Å²) in [7, 11) is 0. The van der Waals surface area contributed by atoms with Crippen molar-refractivity contribution < 1.29 is 4.79 Å². The van der Waals surface area contributed by atoms with Gasteiger partial charge in [-0.25, -0.2) is 0 Å². The van der Waals surface area contributed by atoms with Crippen LogP contribution >= 0.6 is 11.6 Å². The second-order valence-corrected chi connectivity index (χ2v) is 7.70. The minimum absolute atomic E-state index is 0.265. The highest BCUT2D eigenvalue weighted by molar-refractivity contribution is 6.32. The molecule has 2 aromatic carbocycles. The number of anilines is 1. The molecule has 1 amide bonds. The molecule has 0 aliphatic carbocycles. The monoisotopic (exact) mass is 396 g/mol. The molecule has 0 radical (unpaired) electrons. The molecule has 2 aromatic rings. The van der Waals surface area contributed by atoms with E-state index < -0.39 is 0 Å². The quantitative estimate of drug-likeness (QED) is 0.777. The molecule has 1 fully saturated rings. The van der Waals surface area contributed by atoms with Gasteiger partial charge >= 0.3 is 0 Å². The van der Waals surface area contributed by atoms with Crippen molar-refractivity contribution in [3.05, 3.63) is 64.2 Å². The molecule has 1 atom stereocenters. The summed E-state index contributed by atoms with van der Waals surface area (Å²) in [6.45, 7) is 5.39. The number of primary amides is 1. The van der Waals surface area contributed by atoms with Gasteiger partial charge in [-0.1, -0.05) is 35.9 Å². The summed E-state index contributed by atoms with van der Waals surface area (Å²) in [5, 5.41) is 9.65. The first-order valence-corrected chi connectivity index (χ1v) is 9.87. The van der Waals surface area contributed by atoms with Crippen LogP contribution in [0.5, 0.6) is 0 Å². The van der Waals surface area contributed by atoms with Crippen molar-refractivity contribution in [2.75, 3.05) is 24.5 Å². The van der Waals surface area contributed by atoms with Gasteiger partial charge in [-0.3, -0.25) is 4.79 Å². The van der Waals surface area contributed by atoms with E-state index in [9.17, 15) is 10.1 Å². The second-order valence-electron chi connectivity index (χ2n) is 7.29. The number of nitriles is 1. The van der Waals surface area contributed by atoms with Crippen molar-refractivity contribution in [3.63, 3.8) is 0 Å². The van der Waals surface area contributed by atoms with Crippen LogP contribution in [-0.4, -0.2) is 36.5 Å². The van der Waals surface area contributed by atoms with Crippen LogP contribution in [-0.2, 0) is 11.3 Å². The standard InChI is InChI=1S/C22H25ClN4O/c1-16-4-2-3-5-18(16)14-27(19-7-6-17(13-24)21(23)12-19)20-8-10-26(15-20)11-9-22(25)28/h2-7,12,20H,8-11,14-15H2,1H3,(H2,25,28)/t20-/m0/s1. The van der Waals surface area contributed by atoms with Crippen LogP contribution in [0.15, 0.2) is 42.5 Å². The molecule has 1 saturated heterocycles. The molecular formula is C22H25ClN4O. The van der Waals surface area contributed by atoms with Crippen LogP contribution in [0.25, 0.3) is 0 Å². The maximum absolute atomic E-state index is 11.1. The normalized spacial score (nSPS) is 16.7. The third-order valence-corrected chi connectivity index (χ3v) is 5.68. The van der Waals surface area contributed by atoms with E-state index in [-0.39, 0.29) is 5.91 Å². The van der Waals surface area contributed by atoms with Crippen LogP contribution in [0.1, 0.15) is 29.5 Å². The van der Waals surface area contributed by atoms with E-state index in [4.69, 9.17) is 17.3 Å². The van der Waals surface area contributed by atoms with Crippen molar-refractivity contribution in [2.45, 2.75) is 32.4 Å². The van der Waals surface area contributed by atoms with E-state index in [1.54, 1.807) is 6.07 Å². The minimum Gasteiger partial charge on any atom is -0.370 e. The van der Waals surface area contributed by atoms with Crippen LogP contribution in [0.3, 0.4) is 0 Å². The Hall–Kier alpha value is -2.55. The van der Waals surface area contributed by atoms with Gasteiger partial charge in [0.15, 0.2) is 0 Å². The first-order chi connectivity index (χ1) is 13.5. The molecule has 0 saturated carbocycles. The molecule has 6 heteroatoms. The fourth-order valence-corrected chi connectivity index (χ4v) is 3.93. The predicted octanol–water partition coefficient (Wildman–Crippen LogP) is 3.48. The number of nitrogens with zero attached hydrogens (tertiary/aromatic N) is 3. The summed E-state index contributed by atoms with van der Waals surface area (Å²) in [5.41, 5.74) is 9.30. The zero-order valence-corrected chi connectivity index (χ0v) is 16.8. The van der Waals surface area contributed by atoms with E-state index in [0.717, 1.165) is 31.7 Å². The second kappa shape index (κ2) is 9.09. The van der Waals surface area contributed by atoms with Crippen molar-refractivity contribution in [2.24, 2.45) is 5.73 Å². The lowest BCUT2D eigenvalue weighted by Crippen LogP contribution is -2.38. The summed E-state index contributed by atoms with van der Waals surface area (Å²) >= 11 is 6.32. The lowest BCUT2D eigenvalue weighted by atomic mass is 10.1. The number of nitrogens with two attached hydrogens (primary N) is 1. The molecule has 0 spiro atoms. The highest BCUT2D eigenvalue weighted by Crippen LogP contribution is 2.29. The highest BCUT2D eigenvalue weighted by atomic mass is 35.5. The van der Waals surface area contributed by atoms with Crippen molar-refractivity contribution in [1.29, 1.82) is 5.26 Å². The Kier molecular flexibility index (Phi) is 6.56. The first kappa shape index (κ1) is 20.2. The molecule has 146 valence electrons. The fourth-order valence-electron chi connectivity index (χ4n) is 3.71. The van der Waals surface area contributed by atoms with Crippen LogP contribution in [0.2, 0.25) is 5.02 Å². The van der Waals surface area contributed by atoms with Gasteiger partial charge in [0, 0.05) is 44.3 Å². The molecule has 0 bridgehead atoms. The highest BCUT2D eigenvalue weighted by Gasteiger charge is 2.28. The largest absolute Gasteiger partial charge is 0.370 e. The molecule has 2 N–H and O–H groups in total. The summed E-state index contributed by atoms with van der Waals surface area (Å²) in [5.74, 6) is -0.265. The zero-order chi connectivity index (χ0) is 20.1. The molecule has 0 aromatic heterocycles. The lowest BCUT2D eigenvalue weighted by Gasteiger charge is -2.32. The Morgan fingerprint density at radius 2 is 2.14 bits per heavy atom. The maximum Gasteiger partial charge on any atom is 0.218 e. The number of rotatable bonds is 7. The molecule has 1 aliphatic rings. The van der Waals surface area contributed by atoms with Crippen molar-refractivity contribution in [1.82, 2.24) is 4.90 Å². The predicted molar refractivity (Wildman–Crippen MR) is 112 cm³/mol. The average Bonchev–Trinajstić information content (AvgIpc) is 3.14. The lowest BCUT2D eigenvalue weighted by molar-refractivity contribution is -0.118. The number of hydrogen-bond donors (Lipinski definition) is 1. The Bertz CT molecular complexity index is 892. The summed E-state index contributed by atoms with van der Waals surface area (Å²) in [6, 6.07) is 16.4. The van der Waals surface area contributed by atoms with Gasteiger partial charge in [0.25, 0.3) is 0 Å². The average molecular weight is 397 g/mol. The fraction of sp³-hybridized carbons (Fsp3) is 0.364. The van der Waals surface area contributed by atoms with Gasteiger partial charge in [-0.05, 0) is 42.7 Å². The Morgan fingerprint density at radius 1 is 1.36 bits per heavy atom. The molecule has 0 unspecified atom stereocenters. The van der Waals surface area contributed by atoms with Crippen LogP contribution in [0.4, 0.5) is 5.69 Å². The van der Waals surface area contributed by atoms with Gasteiger partial charge in [0.05, 0.1) is 10.6 Å². The van der Waals surface area contributed by atoms with Crippen molar-refractivity contribution in [3.8, 4) is 6.07 Å². The van der Waals surface area contributed by atoms with Gasteiger partial charge in [-0.15, -0.1) is 0 Å². The third kappa shape index (κ3) is 4.83. The molecule has 3 rings (SSSR count). The van der Waals surface area contributed by atoms with E-state index in [0.29, 0.717) is 29.6 Å². The minimum atomic E-state index is -0.265. The van der Waals surface area contributed by atoms with Crippen LogP contribution < -0.4 is 10.6 Å². The van der Waals surface area contributed by atoms with E-state index in [1.165, 1.54) is 11.1 Å². The van der Waals surface area contributed by atoms with Gasteiger partial charge in [0.1, 0.15) is 6.07 Å². The number of hydrogen-bond acceptors (Lipinski definition) is 4. The molecule has 1 heterocycles. The maximum atomic E-state index is 11.1. The Morgan fingerprint density at radius 3 is 2.82 bits per heavy atom. The summed E-state index contributed by atoms with van der Waals surface area (Å²) < 4.78 is 0. The van der Waals surface area contributed by atoms with E-state index in [2.05, 4.69) is 41.0 Å². The Labute approximate surface area is 171 Å². The zero-order valence-electron chi connectivity index (χ0n) is 16.1. The van der Waals surface area contributed by atoms with E-state index >= 15 is 0 Å². The van der Waals surface area contributed by atoms with Gasteiger partial charge < -0.3 is 15.5 Å². The number of likely N-dealkylation sites (tertiary alicyclic amines) is 1. The smallest absolute Gasteiger partial charge is 0.218 e. The number of halogens is 1. The molecule has 1 aliphatic heterocycles. The van der Waals surface area contributed by atoms with Gasteiger partial charge in [-0.2, -0.15) is 5.26 Å². The Balaban J connectivity index is 1.85. The number of benzene rings is 2. The topological polar surface area (TPSA) is 73.4 Å². The summed E-state index contributed by atoms with van der Waals surface area (Å²) in [4.78, 5) is 15.8. The number of amides is 1. The van der Waals surface area contributed by atoms with Gasteiger partial charge in [0.2, 0.25) is 5.91 Å². The van der Waals surface area contributed by atoms with E-state index in [1.807, 2.05) is 18.2 Å². The SMILES string of the molecule is Cc1ccccc1CN(c1ccc(C#N)c(Cl)c1)[C@H]1CCN(CCC(N)=O)C1. The van der Waals surface area contributed by atoms with Crippen molar-refractivity contribution >= 4 is 23.2 Å². The number of aryl methyl sites for hydroxylation is 1. The van der Waals surface area contributed by atoms with Crippen LogP contribution in [0, 0.1) is 18.3 Å². The number of carbonyl (C=O) groups excluding carboxylic acids is 1. The number of carbonyl (C=O) groups is 1. The third-order valence-electron chi connectivity index (χ3n) is 5.37. The molecule has 5 nitrogen and oxygen atoms in total. The first-order valence-electron chi connectivity index (χ1n) is 9.49. The molecule has 28 heavy (non-hydrogen) atoms.